The largest absolute Gasteiger partial charge is 0.461 e. The van der Waals surface area contributed by atoms with Gasteiger partial charge >= 0.3 is 12.0 Å². The average Bonchev–Trinajstić information content (AvgIpc) is 3.48. The topological polar surface area (TPSA) is 177 Å². The van der Waals surface area contributed by atoms with Gasteiger partial charge in [0, 0.05) is 24.6 Å². The number of nitrogens with one attached hydrogen (secondary N) is 3. The summed E-state index contributed by atoms with van der Waals surface area (Å²) in [5.41, 5.74) is 5.81. The van der Waals surface area contributed by atoms with Gasteiger partial charge in [-0.1, -0.05) is 31.2 Å². The van der Waals surface area contributed by atoms with Gasteiger partial charge in [0.2, 0.25) is 11.8 Å². The maximum atomic E-state index is 13.7. The number of Topliss-reactive ketones (excluding diaryl/α,β-unsaturated/α-hetero) is 1. The van der Waals surface area contributed by atoms with E-state index in [1.54, 1.807) is 24.3 Å². The van der Waals surface area contributed by atoms with Gasteiger partial charge in [-0.25, -0.2) is 4.79 Å². The second-order valence-electron chi connectivity index (χ2n) is 10.3. The summed E-state index contributed by atoms with van der Waals surface area (Å²) in [7, 11) is 0. The number of aliphatic hydroxyl groups is 1. The molecule has 0 aliphatic heterocycles. The number of rotatable bonds is 17. The highest BCUT2D eigenvalue weighted by atomic mass is 32.1. The zero-order valence-corrected chi connectivity index (χ0v) is 24.3. The van der Waals surface area contributed by atoms with Crippen molar-refractivity contribution in [3.05, 3.63) is 64.9 Å². The van der Waals surface area contributed by atoms with Crippen LogP contribution in [0, 0.1) is 5.41 Å². The molecule has 4 amide bonds. The van der Waals surface area contributed by atoms with Gasteiger partial charge < -0.3 is 31.5 Å². The number of hydrogen-bond donors (Lipinski definition) is 5. The highest BCUT2D eigenvalue weighted by molar-refractivity contribution is 7.08. The Morgan fingerprint density at radius 2 is 1.86 bits per heavy atom. The van der Waals surface area contributed by atoms with Crippen LogP contribution in [0.1, 0.15) is 62.0 Å². The van der Waals surface area contributed by atoms with Crippen LogP contribution in [0.25, 0.3) is 0 Å². The number of urea groups is 1. The molecule has 1 saturated carbocycles. The van der Waals surface area contributed by atoms with Crippen LogP contribution in [0.2, 0.25) is 0 Å². The van der Waals surface area contributed by atoms with Gasteiger partial charge in [-0.3, -0.25) is 19.2 Å². The molecule has 1 aromatic heterocycles. The third kappa shape index (κ3) is 8.98. The molecule has 0 bridgehead atoms. The second kappa shape index (κ2) is 15.8. The van der Waals surface area contributed by atoms with Gasteiger partial charge in [-0.2, -0.15) is 11.3 Å². The molecular weight excluding hydrogens is 560 g/mol. The summed E-state index contributed by atoms with van der Waals surface area (Å²) in [5, 5.41) is 21.0. The van der Waals surface area contributed by atoms with E-state index in [1.807, 2.05) is 16.8 Å². The van der Waals surface area contributed by atoms with Crippen LogP contribution >= 0.6 is 11.3 Å². The SMILES string of the molecule is C=CCOC(=O)CC(CC(=O)C1(C(=O)N[C@@H](CCCNC(N)=O)C(=O)Nc2ccc(CO)cc2)CCC1)c1ccsc1. The summed E-state index contributed by atoms with van der Waals surface area (Å²) in [6.45, 7) is 3.67. The van der Waals surface area contributed by atoms with Crippen molar-refractivity contribution in [2.75, 3.05) is 18.5 Å². The first-order chi connectivity index (χ1) is 20.2. The fourth-order valence-corrected chi connectivity index (χ4v) is 5.56. The molecule has 6 N–H and O–H groups in total. The maximum Gasteiger partial charge on any atom is 0.312 e. The molecule has 1 aliphatic carbocycles. The first kappa shape index (κ1) is 32.5. The summed E-state index contributed by atoms with van der Waals surface area (Å²) in [5.74, 6) is -2.21. The summed E-state index contributed by atoms with van der Waals surface area (Å²) in [6.07, 6.45) is 3.33. The molecule has 1 aliphatic rings. The molecule has 2 aromatic rings. The van der Waals surface area contributed by atoms with Crippen LogP contribution in [0.15, 0.2) is 53.7 Å². The van der Waals surface area contributed by atoms with Crippen molar-refractivity contribution in [2.24, 2.45) is 11.1 Å². The molecule has 226 valence electrons. The smallest absolute Gasteiger partial charge is 0.312 e. The number of nitrogens with two attached hydrogens (primary N) is 1. The lowest BCUT2D eigenvalue weighted by Gasteiger charge is -2.40. The summed E-state index contributed by atoms with van der Waals surface area (Å²) in [4.78, 5) is 64.1. The zero-order chi connectivity index (χ0) is 30.5. The minimum atomic E-state index is -1.30. The Morgan fingerprint density at radius 1 is 1.12 bits per heavy atom. The number of carbonyl (C=O) groups excluding carboxylic acids is 5. The third-order valence-electron chi connectivity index (χ3n) is 7.39. The van der Waals surface area contributed by atoms with E-state index in [0.29, 0.717) is 36.9 Å². The molecule has 0 radical (unpaired) electrons. The van der Waals surface area contributed by atoms with Crippen LogP contribution in [0.4, 0.5) is 10.5 Å². The number of ether oxygens (including phenoxy) is 1. The second-order valence-corrected chi connectivity index (χ2v) is 11.1. The van der Waals surface area contributed by atoms with Gasteiger partial charge in [0.25, 0.3) is 0 Å². The Hall–Kier alpha value is -4.03. The number of amides is 4. The molecule has 1 aromatic carbocycles. The van der Waals surface area contributed by atoms with Gasteiger partial charge in [-0.05, 0) is 65.8 Å². The lowest BCUT2D eigenvalue weighted by atomic mass is 9.63. The molecule has 11 nitrogen and oxygen atoms in total. The van der Waals surface area contributed by atoms with Gasteiger partial charge in [0.05, 0.1) is 13.0 Å². The van der Waals surface area contributed by atoms with E-state index in [-0.39, 0.29) is 44.8 Å². The molecule has 3 rings (SSSR count). The minimum Gasteiger partial charge on any atom is -0.461 e. The van der Waals surface area contributed by atoms with Crippen LogP contribution in [-0.4, -0.2) is 53.9 Å². The lowest BCUT2D eigenvalue weighted by Crippen LogP contribution is -2.56. The van der Waals surface area contributed by atoms with Crippen LogP contribution < -0.4 is 21.7 Å². The predicted molar refractivity (Wildman–Crippen MR) is 158 cm³/mol. The fourth-order valence-electron chi connectivity index (χ4n) is 4.82. The molecule has 12 heteroatoms. The van der Waals surface area contributed by atoms with Gasteiger partial charge in [-0.15, -0.1) is 0 Å². The third-order valence-corrected chi connectivity index (χ3v) is 8.09. The van der Waals surface area contributed by atoms with E-state index in [4.69, 9.17) is 10.5 Å². The van der Waals surface area contributed by atoms with E-state index >= 15 is 0 Å². The number of hydrogen-bond acceptors (Lipinski definition) is 8. The van der Waals surface area contributed by atoms with Crippen LogP contribution in [0.5, 0.6) is 0 Å². The highest BCUT2D eigenvalue weighted by Crippen LogP contribution is 2.45. The van der Waals surface area contributed by atoms with E-state index < -0.39 is 41.2 Å². The Bertz CT molecular complexity index is 1240. The van der Waals surface area contributed by atoms with Crippen molar-refractivity contribution in [1.82, 2.24) is 10.6 Å². The van der Waals surface area contributed by atoms with Crippen molar-refractivity contribution >= 4 is 46.6 Å². The number of primary amides is 1. The molecule has 1 unspecified atom stereocenters. The van der Waals surface area contributed by atoms with Crippen LogP contribution in [0.3, 0.4) is 0 Å². The zero-order valence-electron chi connectivity index (χ0n) is 23.4. The number of anilines is 1. The number of ketones is 1. The summed E-state index contributed by atoms with van der Waals surface area (Å²) < 4.78 is 5.14. The van der Waals surface area contributed by atoms with Crippen LogP contribution in [-0.2, 0) is 30.5 Å². The molecular formula is C30H38N4O7S. The van der Waals surface area contributed by atoms with Crippen molar-refractivity contribution < 1.29 is 33.8 Å². The normalized spacial score (nSPS) is 14.9. The van der Waals surface area contributed by atoms with Crippen molar-refractivity contribution in [2.45, 2.75) is 63.5 Å². The lowest BCUT2D eigenvalue weighted by molar-refractivity contribution is -0.150. The van der Waals surface area contributed by atoms with Gasteiger partial charge in [0.15, 0.2) is 0 Å². The average molecular weight is 599 g/mol. The first-order valence-electron chi connectivity index (χ1n) is 13.9. The first-order valence-corrected chi connectivity index (χ1v) is 14.8. The van der Waals surface area contributed by atoms with Crippen molar-refractivity contribution in [3.8, 4) is 0 Å². The number of esters is 1. The summed E-state index contributed by atoms with van der Waals surface area (Å²) >= 11 is 1.45. The number of carbonyl (C=O) groups is 5. The number of aliphatic hydroxyl groups excluding tert-OH is 1. The number of benzene rings is 1. The van der Waals surface area contributed by atoms with E-state index in [9.17, 15) is 29.1 Å². The molecule has 2 atom stereocenters. The maximum absolute atomic E-state index is 13.7. The minimum absolute atomic E-state index is 0.0129. The molecule has 42 heavy (non-hydrogen) atoms. The molecule has 1 heterocycles. The Kier molecular flexibility index (Phi) is 12.2. The quantitative estimate of drug-likeness (QED) is 0.0804. The Labute approximate surface area is 248 Å². The predicted octanol–water partition coefficient (Wildman–Crippen LogP) is 3.14. The van der Waals surface area contributed by atoms with Gasteiger partial charge in [0.1, 0.15) is 23.8 Å². The molecule has 0 spiro atoms. The van der Waals surface area contributed by atoms with E-state index in [0.717, 1.165) is 5.56 Å². The standard InChI is InChI=1S/C30H38N4O7S/c1-2-14-41-26(37)17-22(21-10-15-42-19-21)16-25(36)30(11-4-12-30)28(39)34-24(5-3-13-32-29(31)40)27(38)33-23-8-6-20(18-35)7-9-23/h2,6-10,15,19,22,24,35H,1,3-5,11-14,16-18H2,(H,33,38)(H,34,39)(H3,31,32,40)/t22?,24-/m0/s1. The van der Waals surface area contributed by atoms with E-state index in [2.05, 4.69) is 22.5 Å². The molecule has 1 fully saturated rings. The highest BCUT2D eigenvalue weighted by Gasteiger charge is 2.51. The number of thiophene rings is 1. The van der Waals surface area contributed by atoms with Crippen molar-refractivity contribution in [3.63, 3.8) is 0 Å². The molecule has 0 saturated heterocycles. The fraction of sp³-hybridized carbons (Fsp3) is 0.433. The van der Waals surface area contributed by atoms with Crippen molar-refractivity contribution in [1.29, 1.82) is 0 Å². The monoisotopic (exact) mass is 598 g/mol. The Balaban J connectivity index is 1.73. The van der Waals surface area contributed by atoms with E-state index in [1.165, 1.54) is 17.4 Å². The summed E-state index contributed by atoms with van der Waals surface area (Å²) in [6, 6.07) is 6.77. The Morgan fingerprint density at radius 3 is 2.43 bits per heavy atom.